The quantitative estimate of drug-likeness (QED) is 0.668. The predicted octanol–water partition coefficient (Wildman–Crippen LogP) is 3.80. The molecule has 6 nitrogen and oxygen atoms in total. The van der Waals surface area contributed by atoms with E-state index in [9.17, 15) is 15.2 Å². The molecular formula is C15H15NO5. The first-order chi connectivity index (χ1) is 10.0. The number of hydrogen-bond acceptors (Lipinski definition) is 5. The van der Waals surface area contributed by atoms with E-state index in [1.807, 2.05) is 0 Å². The van der Waals surface area contributed by atoms with Crippen molar-refractivity contribution in [3.8, 4) is 23.0 Å². The summed E-state index contributed by atoms with van der Waals surface area (Å²) >= 11 is 0. The highest BCUT2D eigenvalue weighted by Crippen LogP contribution is 2.39. The third kappa shape index (κ3) is 3.42. The number of aromatic hydroxyl groups is 1. The highest BCUT2D eigenvalue weighted by molar-refractivity contribution is 5.58. The summed E-state index contributed by atoms with van der Waals surface area (Å²) in [5.41, 5.74) is 0.550. The average molecular weight is 289 g/mol. The Morgan fingerprint density at radius 1 is 1.24 bits per heavy atom. The molecule has 0 bridgehead atoms. The summed E-state index contributed by atoms with van der Waals surface area (Å²) < 4.78 is 10.8. The summed E-state index contributed by atoms with van der Waals surface area (Å²) in [6.07, 6.45) is 0. The van der Waals surface area contributed by atoms with E-state index >= 15 is 0 Å². The van der Waals surface area contributed by atoms with Crippen molar-refractivity contribution in [3.63, 3.8) is 0 Å². The van der Waals surface area contributed by atoms with Crippen LogP contribution in [0.2, 0.25) is 0 Å². The van der Waals surface area contributed by atoms with Crippen molar-refractivity contribution in [2.75, 3.05) is 6.61 Å². The fourth-order valence-corrected chi connectivity index (χ4v) is 1.95. The molecule has 0 saturated carbocycles. The van der Waals surface area contributed by atoms with Gasteiger partial charge in [-0.25, -0.2) is 0 Å². The monoisotopic (exact) mass is 289 g/mol. The second-order valence-corrected chi connectivity index (χ2v) is 4.40. The first-order valence-corrected chi connectivity index (χ1v) is 6.40. The summed E-state index contributed by atoms with van der Waals surface area (Å²) in [5, 5.41) is 20.8. The zero-order valence-electron chi connectivity index (χ0n) is 11.7. The van der Waals surface area contributed by atoms with Gasteiger partial charge in [-0.05, 0) is 43.7 Å². The number of phenols is 1. The first kappa shape index (κ1) is 14.6. The maximum atomic E-state index is 11.2. The molecule has 2 aromatic rings. The summed E-state index contributed by atoms with van der Waals surface area (Å²) in [6.45, 7) is 3.85. The number of nitrogens with zero attached hydrogens (tertiary/aromatic N) is 1. The SMILES string of the molecule is CCOc1cccc(Oc2cc(C)cc(O)c2)c1[N+](=O)[O-]. The Labute approximate surface area is 121 Å². The van der Waals surface area contributed by atoms with Gasteiger partial charge in [-0.2, -0.15) is 0 Å². The molecule has 0 aliphatic carbocycles. The molecule has 2 aromatic carbocycles. The molecular weight excluding hydrogens is 274 g/mol. The van der Waals surface area contributed by atoms with Crippen molar-refractivity contribution >= 4 is 5.69 Å². The normalized spacial score (nSPS) is 10.2. The number of aryl methyl sites for hydroxylation is 1. The summed E-state index contributed by atoms with van der Waals surface area (Å²) in [5.74, 6) is 0.575. The largest absolute Gasteiger partial charge is 0.508 e. The van der Waals surface area contributed by atoms with E-state index in [1.165, 1.54) is 18.2 Å². The molecule has 2 rings (SSSR count). The Hall–Kier alpha value is -2.76. The van der Waals surface area contributed by atoms with Crippen molar-refractivity contribution in [2.24, 2.45) is 0 Å². The van der Waals surface area contributed by atoms with E-state index in [0.29, 0.717) is 12.4 Å². The molecule has 6 heteroatoms. The fraction of sp³-hybridized carbons (Fsp3) is 0.200. The predicted molar refractivity (Wildman–Crippen MR) is 77.2 cm³/mol. The van der Waals surface area contributed by atoms with Crippen LogP contribution >= 0.6 is 0 Å². The molecule has 0 spiro atoms. The topological polar surface area (TPSA) is 81.8 Å². The minimum Gasteiger partial charge on any atom is -0.508 e. The lowest BCUT2D eigenvalue weighted by atomic mass is 10.2. The zero-order chi connectivity index (χ0) is 15.4. The number of rotatable bonds is 5. The van der Waals surface area contributed by atoms with E-state index in [1.54, 1.807) is 32.0 Å². The van der Waals surface area contributed by atoms with Gasteiger partial charge in [-0.1, -0.05) is 6.07 Å². The number of hydrogen-bond donors (Lipinski definition) is 1. The molecule has 110 valence electrons. The third-order valence-electron chi connectivity index (χ3n) is 2.71. The van der Waals surface area contributed by atoms with Crippen LogP contribution in [0.25, 0.3) is 0 Å². The lowest BCUT2D eigenvalue weighted by molar-refractivity contribution is -0.386. The van der Waals surface area contributed by atoms with Crippen LogP contribution in [0.1, 0.15) is 12.5 Å². The zero-order valence-corrected chi connectivity index (χ0v) is 11.7. The van der Waals surface area contributed by atoms with E-state index in [4.69, 9.17) is 9.47 Å². The van der Waals surface area contributed by atoms with Gasteiger partial charge in [-0.3, -0.25) is 10.1 Å². The lowest BCUT2D eigenvalue weighted by Crippen LogP contribution is -1.99. The first-order valence-electron chi connectivity index (χ1n) is 6.40. The van der Waals surface area contributed by atoms with E-state index < -0.39 is 4.92 Å². The van der Waals surface area contributed by atoms with Gasteiger partial charge in [0.05, 0.1) is 11.5 Å². The molecule has 0 atom stereocenters. The molecule has 0 radical (unpaired) electrons. The minimum atomic E-state index is -0.546. The fourth-order valence-electron chi connectivity index (χ4n) is 1.95. The Morgan fingerprint density at radius 3 is 2.57 bits per heavy atom. The number of phenolic OH excluding ortho intramolecular Hbond substituents is 1. The van der Waals surface area contributed by atoms with Crippen molar-refractivity contribution in [3.05, 3.63) is 52.1 Å². The van der Waals surface area contributed by atoms with E-state index in [-0.39, 0.29) is 22.9 Å². The Bertz CT molecular complexity index is 649. The van der Waals surface area contributed by atoms with Crippen LogP contribution in [0.3, 0.4) is 0 Å². The van der Waals surface area contributed by atoms with Crippen LogP contribution in [0.5, 0.6) is 23.0 Å². The van der Waals surface area contributed by atoms with Crippen molar-refractivity contribution < 1.29 is 19.5 Å². The van der Waals surface area contributed by atoms with Gasteiger partial charge in [0.15, 0.2) is 0 Å². The van der Waals surface area contributed by atoms with Gasteiger partial charge in [0, 0.05) is 6.07 Å². The van der Waals surface area contributed by atoms with Crippen LogP contribution in [0.15, 0.2) is 36.4 Å². The highest BCUT2D eigenvalue weighted by Gasteiger charge is 2.22. The maximum absolute atomic E-state index is 11.2. The number of ether oxygens (including phenoxy) is 2. The lowest BCUT2D eigenvalue weighted by Gasteiger charge is -2.10. The molecule has 0 aromatic heterocycles. The summed E-state index contributed by atoms with van der Waals surface area (Å²) in [7, 11) is 0. The number of nitro benzene ring substituents is 1. The average Bonchev–Trinajstić information content (AvgIpc) is 2.37. The smallest absolute Gasteiger partial charge is 0.352 e. The molecule has 0 aliphatic rings. The second-order valence-electron chi connectivity index (χ2n) is 4.40. The molecule has 21 heavy (non-hydrogen) atoms. The Morgan fingerprint density at radius 2 is 1.95 bits per heavy atom. The van der Waals surface area contributed by atoms with Gasteiger partial charge >= 0.3 is 5.69 Å². The van der Waals surface area contributed by atoms with Crippen molar-refractivity contribution in [2.45, 2.75) is 13.8 Å². The van der Waals surface area contributed by atoms with Crippen LogP contribution in [0.4, 0.5) is 5.69 Å². The van der Waals surface area contributed by atoms with Crippen molar-refractivity contribution in [1.82, 2.24) is 0 Å². The van der Waals surface area contributed by atoms with Crippen LogP contribution in [-0.4, -0.2) is 16.6 Å². The maximum Gasteiger partial charge on any atom is 0.352 e. The number of nitro groups is 1. The van der Waals surface area contributed by atoms with Gasteiger partial charge in [0.25, 0.3) is 0 Å². The molecule has 0 saturated heterocycles. The van der Waals surface area contributed by atoms with Gasteiger partial charge in [0.2, 0.25) is 11.5 Å². The van der Waals surface area contributed by atoms with Crippen LogP contribution in [0, 0.1) is 17.0 Å². The second kappa shape index (κ2) is 6.13. The Balaban J connectivity index is 2.43. The highest BCUT2D eigenvalue weighted by atomic mass is 16.6. The standard InChI is InChI=1S/C15H15NO5/c1-3-20-13-5-4-6-14(15(13)16(18)19)21-12-8-10(2)7-11(17)9-12/h4-9,17H,3H2,1-2H3. The van der Waals surface area contributed by atoms with Crippen LogP contribution in [-0.2, 0) is 0 Å². The number of benzene rings is 2. The summed E-state index contributed by atoms with van der Waals surface area (Å²) in [4.78, 5) is 10.7. The van der Waals surface area contributed by atoms with Gasteiger partial charge in [-0.15, -0.1) is 0 Å². The molecule has 0 aliphatic heterocycles. The van der Waals surface area contributed by atoms with Gasteiger partial charge in [0.1, 0.15) is 11.5 Å². The van der Waals surface area contributed by atoms with Crippen molar-refractivity contribution in [1.29, 1.82) is 0 Å². The molecule has 0 heterocycles. The Kier molecular flexibility index (Phi) is 4.27. The molecule has 0 unspecified atom stereocenters. The molecule has 0 fully saturated rings. The third-order valence-corrected chi connectivity index (χ3v) is 2.71. The minimum absolute atomic E-state index is 0.0358. The number of para-hydroxylation sites is 1. The van der Waals surface area contributed by atoms with E-state index in [2.05, 4.69) is 0 Å². The van der Waals surface area contributed by atoms with E-state index in [0.717, 1.165) is 5.56 Å². The van der Waals surface area contributed by atoms with Gasteiger partial charge < -0.3 is 14.6 Å². The summed E-state index contributed by atoms with van der Waals surface area (Å²) in [6, 6.07) is 9.25. The molecule has 1 N–H and O–H groups in total. The molecule has 0 amide bonds. The van der Waals surface area contributed by atoms with Crippen LogP contribution < -0.4 is 9.47 Å².